The van der Waals surface area contributed by atoms with Crippen molar-refractivity contribution in [1.29, 1.82) is 0 Å². The van der Waals surface area contributed by atoms with E-state index in [2.05, 4.69) is 17.2 Å². The number of aryl methyl sites for hydroxylation is 1. The van der Waals surface area contributed by atoms with Crippen LogP contribution in [0.15, 0.2) is 24.4 Å². The second-order valence-corrected chi connectivity index (χ2v) is 5.49. The highest BCUT2D eigenvalue weighted by Crippen LogP contribution is 2.20. The number of hydrogen-bond donors (Lipinski definition) is 2. The van der Waals surface area contributed by atoms with Gasteiger partial charge in [0.05, 0.1) is 6.54 Å². The molecular weight excluding hydrogens is 258 g/mol. The molecule has 3 N–H and O–H groups in total. The Kier molecular flexibility index (Phi) is 4.16. The quantitative estimate of drug-likeness (QED) is 0.650. The highest BCUT2D eigenvalue weighted by atomic mass is 32.1. The minimum atomic E-state index is -0.0244. The van der Waals surface area contributed by atoms with Crippen LogP contribution in [0.4, 0.5) is 11.4 Å². The Morgan fingerprint density at radius 2 is 2.26 bits per heavy atom. The van der Waals surface area contributed by atoms with Gasteiger partial charge in [0.2, 0.25) is 0 Å². The van der Waals surface area contributed by atoms with Crippen LogP contribution in [0, 0.1) is 0 Å². The molecule has 2 rings (SSSR count). The summed E-state index contributed by atoms with van der Waals surface area (Å²) < 4.78 is 0. The predicted molar refractivity (Wildman–Crippen MR) is 79.7 cm³/mol. The second kappa shape index (κ2) is 5.84. The summed E-state index contributed by atoms with van der Waals surface area (Å²) in [6, 6.07) is 5.40. The number of nitrogen functional groups attached to an aromatic ring is 1. The van der Waals surface area contributed by atoms with Crippen LogP contribution in [0.2, 0.25) is 0 Å². The van der Waals surface area contributed by atoms with E-state index < -0.39 is 0 Å². The number of Topliss-reactive ketones (excluding diaryl/α,β-unsaturated/α-hetero) is 1. The summed E-state index contributed by atoms with van der Waals surface area (Å²) in [7, 11) is 0. The molecule has 100 valence electrons. The van der Waals surface area contributed by atoms with Crippen LogP contribution in [0.5, 0.6) is 0 Å². The normalized spacial score (nSPS) is 10.4. The van der Waals surface area contributed by atoms with E-state index in [-0.39, 0.29) is 5.78 Å². The number of rotatable bonds is 5. The van der Waals surface area contributed by atoms with Gasteiger partial charge in [-0.15, -0.1) is 11.3 Å². The maximum absolute atomic E-state index is 11.4. The summed E-state index contributed by atoms with van der Waals surface area (Å²) in [5.74, 6) is -0.0244. The number of ketones is 1. The van der Waals surface area contributed by atoms with Crippen molar-refractivity contribution in [3.05, 3.63) is 39.8 Å². The number of hydrogen-bond acceptors (Lipinski definition) is 5. The molecule has 0 spiro atoms. The van der Waals surface area contributed by atoms with Gasteiger partial charge in [0.1, 0.15) is 5.01 Å². The van der Waals surface area contributed by atoms with Crippen molar-refractivity contribution in [3.63, 3.8) is 0 Å². The van der Waals surface area contributed by atoms with Gasteiger partial charge in [-0.05, 0) is 31.5 Å². The third-order valence-electron chi connectivity index (χ3n) is 2.83. The van der Waals surface area contributed by atoms with Crippen molar-refractivity contribution >= 4 is 28.5 Å². The zero-order valence-electron chi connectivity index (χ0n) is 11.1. The van der Waals surface area contributed by atoms with Crippen molar-refractivity contribution in [2.24, 2.45) is 0 Å². The first-order chi connectivity index (χ1) is 9.10. The second-order valence-electron chi connectivity index (χ2n) is 4.29. The van der Waals surface area contributed by atoms with Gasteiger partial charge in [-0.1, -0.05) is 6.92 Å². The topological polar surface area (TPSA) is 68.0 Å². The Hall–Kier alpha value is -1.88. The highest BCUT2D eigenvalue weighted by molar-refractivity contribution is 7.11. The fourth-order valence-corrected chi connectivity index (χ4v) is 2.54. The highest BCUT2D eigenvalue weighted by Gasteiger charge is 2.06. The lowest BCUT2D eigenvalue weighted by Gasteiger charge is -2.07. The van der Waals surface area contributed by atoms with Gasteiger partial charge >= 0.3 is 0 Å². The van der Waals surface area contributed by atoms with E-state index in [0.717, 1.165) is 17.1 Å². The molecule has 4 nitrogen and oxygen atoms in total. The maximum Gasteiger partial charge on any atom is 0.161 e. The SMILES string of the molecule is CCc1cnc(CNc2ccc(N)c(C(C)=O)c2)s1. The molecule has 0 amide bonds. The Morgan fingerprint density at radius 1 is 1.47 bits per heavy atom. The Bertz CT molecular complexity index is 592. The lowest BCUT2D eigenvalue weighted by atomic mass is 10.1. The van der Waals surface area contributed by atoms with Crippen LogP contribution >= 0.6 is 11.3 Å². The smallest absolute Gasteiger partial charge is 0.161 e. The summed E-state index contributed by atoms with van der Waals surface area (Å²) in [4.78, 5) is 17.0. The van der Waals surface area contributed by atoms with E-state index in [1.165, 1.54) is 11.8 Å². The summed E-state index contributed by atoms with van der Waals surface area (Å²) in [5, 5.41) is 4.30. The Labute approximate surface area is 116 Å². The minimum absolute atomic E-state index is 0.0244. The number of nitrogens with zero attached hydrogens (tertiary/aromatic N) is 1. The van der Waals surface area contributed by atoms with Crippen LogP contribution < -0.4 is 11.1 Å². The monoisotopic (exact) mass is 275 g/mol. The van der Waals surface area contributed by atoms with Gasteiger partial charge in [-0.25, -0.2) is 4.98 Å². The molecule has 0 fully saturated rings. The molecule has 0 atom stereocenters. The molecule has 0 aliphatic rings. The zero-order chi connectivity index (χ0) is 13.8. The number of carbonyl (C=O) groups is 1. The third kappa shape index (κ3) is 3.32. The molecule has 1 aromatic carbocycles. The molecule has 0 aliphatic carbocycles. The molecule has 5 heteroatoms. The van der Waals surface area contributed by atoms with Crippen molar-refractivity contribution < 1.29 is 4.79 Å². The molecule has 0 unspecified atom stereocenters. The van der Waals surface area contributed by atoms with Crippen molar-refractivity contribution in [1.82, 2.24) is 4.98 Å². The van der Waals surface area contributed by atoms with E-state index >= 15 is 0 Å². The molecule has 2 aromatic rings. The van der Waals surface area contributed by atoms with Crippen molar-refractivity contribution in [2.45, 2.75) is 26.8 Å². The van der Waals surface area contributed by atoms with Gasteiger partial charge in [0, 0.05) is 28.0 Å². The zero-order valence-corrected chi connectivity index (χ0v) is 11.9. The number of benzene rings is 1. The van der Waals surface area contributed by atoms with Crippen LogP contribution in [-0.4, -0.2) is 10.8 Å². The fraction of sp³-hybridized carbons (Fsp3) is 0.286. The van der Waals surface area contributed by atoms with Crippen LogP contribution in [-0.2, 0) is 13.0 Å². The first-order valence-corrected chi connectivity index (χ1v) is 6.99. The summed E-state index contributed by atoms with van der Waals surface area (Å²) in [5.41, 5.74) is 7.71. The Morgan fingerprint density at radius 3 is 2.89 bits per heavy atom. The first-order valence-electron chi connectivity index (χ1n) is 6.18. The van der Waals surface area contributed by atoms with Crippen molar-refractivity contribution in [3.8, 4) is 0 Å². The molecule has 0 aliphatic heterocycles. The number of carbonyl (C=O) groups excluding carboxylic acids is 1. The molecule has 1 heterocycles. The molecule has 0 saturated heterocycles. The Balaban J connectivity index is 2.07. The molecule has 1 aromatic heterocycles. The largest absolute Gasteiger partial charge is 0.398 e. The maximum atomic E-state index is 11.4. The molecule has 0 radical (unpaired) electrons. The van der Waals surface area contributed by atoms with Crippen LogP contribution in [0.3, 0.4) is 0 Å². The molecule has 0 bridgehead atoms. The third-order valence-corrected chi connectivity index (χ3v) is 3.97. The fourth-order valence-electron chi connectivity index (χ4n) is 1.74. The van der Waals surface area contributed by atoms with Gasteiger partial charge in [-0.2, -0.15) is 0 Å². The molecule has 0 saturated carbocycles. The summed E-state index contributed by atoms with van der Waals surface area (Å²) >= 11 is 1.70. The summed E-state index contributed by atoms with van der Waals surface area (Å²) in [6.45, 7) is 4.29. The van der Waals surface area contributed by atoms with E-state index in [0.29, 0.717) is 17.8 Å². The van der Waals surface area contributed by atoms with Crippen LogP contribution in [0.25, 0.3) is 0 Å². The van der Waals surface area contributed by atoms with E-state index in [1.807, 2.05) is 12.3 Å². The van der Waals surface area contributed by atoms with E-state index in [1.54, 1.807) is 23.5 Å². The van der Waals surface area contributed by atoms with E-state index in [9.17, 15) is 4.79 Å². The van der Waals surface area contributed by atoms with Gasteiger partial charge < -0.3 is 11.1 Å². The van der Waals surface area contributed by atoms with Gasteiger partial charge in [0.15, 0.2) is 5.78 Å². The van der Waals surface area contributed by atoms with Gasteiger partial charge in [0.25, 0.3) is 0 Å². The standard InChI is InChI=1S/C14H17N3OS/c1-3-11-7-17-14(19-11)8-16-10-4-5-13(15)12(6-10)9(2)18/h4-7,16H,3,8,15H2,1-2H3. The molecular formula is C14H17N3OS. The minimum Gasteiger partial charge on any atom is -0.398 e. The average Bonchev–Trinajstić information content (AvgIpc) is 2.85. The number of aromatic nitrogens is 1. The van der Waals surface area contributed by atoms with Gasteiger partial charge in [-0.3, -0.25) is 4.79 Å². The average molecular weight is 275 g/mol. The lowest BCUT2D eigenvalue weighted by Crippen LogP contribution is -2.03. The molecule has 19 heavy (non-hydrogen) atoms. The first kappa shape index (κ1) is 13.5. The number of nitrogens with two attached hydrogens (primary N) is 1. The predicted octanol–water partition coefficient (Wildman–Crippen LogP) is 3.10. The number of nitrogens with one attached hydrogen (secondary N) is 1. The summed E-state index contributed by atoms with van der Waals surface area (Å²) in [6.07, 6.45) is 2.92. The van der Waals surface area contributed by atoms with Crippen LogP contribution in [0.1, 0.15) is 34.1 Å². The number of thiazole rings is 1. The van der Waals surface area contributed by atoms with Crippen molar-refractivity contribution in [2.75, 3.05) is 11.1 Å². The number of anilines is 2. The lowest BCUT2D eigenvalue weighted by molar-refractivity contribution is 0.101. The van der Waals surface area contributed by atoms with E-state index in [4.69, 9.17) is 5.73 Å².